The molecule has 0 radical (unpaired) electrons. The van der Waals surface area contributed by atoms with Crippen molar-refractivity contribution in [3.05, 3.63) is 11.8 Å². The largest absolute Gasteiger partial charge is 0.513 e. The van der Waals surface area contributed by atoms with Crippen LogP contribution in [0, 0.1) is 34.5 Å². The van der Waals surface area contributed by atoms with E-state index in [2.05, 4.69) is 26.8 Å². The molecule has 0 spiro atoms. The molecule has 5 aliphatic rings. The Morgan fingerprint density at radius 3 is 2.64 bits per heavy atom. The molecule has 8 atom stereocenters. The van der Waals surface area contributed by atoms with Crippen LogP contribution in [0.4, 0.5) is 0 Å². The Bertz CT molecular complexity index is 683. The van der Waals surface area contributed by atoms with Gasteiger partial charge in [-0.25, -0.2) is 0 Å². The van der Waals surface area contributed by atoms with E-state index in [1.54, 1.807) is 6.92 Å². The zero-order valence-corrected chi connectivity index (χ0v) is 16.1. The van der Waals surface area contributed by atoms with E-state index in [0.717, 1.165) is 37.5 Å². The lowest BCUT2D eigenvalue weighted by atomic mass is 9.45. The number of ether oxygens (including phenoxy) is 1. The average molecular weight is 344 g/mol. The summed E-state index contributed by atoms with van der Waals surface area (Å²) < 4.78 is 6.20. The van der Waals surface area contributed by atoms with E-state index in [-0.39, 0.29) is 16.8 Å². The maximum absolute atomic E-state index is 12.6. The maximum atomic E-state index is 12.6. The summed E-state index contributed by atoms with van der Waals surface area (Å²) in [6.45, 7) is 8.77. The van der Waals surface area contributed by atoms with Crippen LogP contribution in [0.5, 0.6) is 0 Å². The molecule has 25 heavy (non-hydrogen) atoms. The van der Waals surface area contributed by atoms with Gasteiger partial charge in [0.15, 0.2) is 11.4 Å². The number of rotatable bonds is 1. The molecule has 3 saturated carbocycles. The van der Waals surface area contributed by atoms with Gasteiger partial charge in [0.05, 0.1) is 5.76 Å². The van der Waals surface area contributed by atoms with Gasteiger partial charge >= 0.3 is 0 Å². The Labute approximate surface area is 151 Å². The molecular weight excluding hydrogens is 312 g/mol. The summed E-state index contributed by atoms with van der Waals surface area (Å²) >= 11 is 0. The summed E-state index contributed by atoms with van der Waals surface area (Å²) in [5, 5.41) is 10.0. The fourth-order valence-corrected chi connectivity index (χ4v) is 8.46. The predicted octanol–water partition coefficient (Wildman–Crippen LogP) is 4.81. The maximum Gasteiger partial charge on any atom is 0.165 e. The van der Waals surface area contributed by atoms with Crippen LogP contribution in [0.1, 0.15) is 72.6 Å². The number of aliphatic hydroxyl groups is 1. The molecule has 0 unspecified atom stereocenters. The molecule has 1 N–H and O–H groups in total. The van der Waals surface area contributed by atoms with E-state index in [0.29, 0.717) is 23.0 Å². The third kappa shape index (κ3) is 1.66. The van der Waals surface area contributed by atoms with Gasteiger partial charge in [0.25, 0.3) is 0 Å². The van der Waals surface area contributed by atoms with Crippen molar-refractivity contribution >= 4 is 5.78 Å². The van der Waals surface area contributed by atoms with Crippen molar-refractivity contribution in [2.75, 3.05) is 0 Å². The van der Waals surface area contributed by atoms with E-state index in [4.69, 9.17) is 4.74 Å². The minimum atomic E-state index is -0.502. The Balaban J connectivity index is 1.52. The average Bonchev–Trinajstić information content (AvgIpc) is 3.13. The monoisotopic (exact) mass is 344 g/mol. The van der Waals surface area contributed by atoms with Crippen LogP contribution in [-0.4, -0.2) is 22.1 Å². The number of epoxide rings is 1. The second-order valence-electron chi connectivity index (χ2n) is 10.5. The van der Waals surface area contributed by atoms with Gasteiger partial charge in [-0.15, -0.1) is 0 Å². The number of Topliss-reactive ketones (excluding diaryl/α,β-unsaturated/α-hetero) is 1. The molecule has 138 valence electrons. The Morgan fingerprint density at radius 2 is 1.92 bits per heavy atom. The van der Waals surface area contributed by atoms with Crippen molar-refractivity contribution in [3.63, 3.8) is 0 Å². The summed E-state index contributed by atoms with van der Waals surface area (Å²) in [7, 11) is 0. The second kappa shape index (κ2) is 4.52. The van der Waals surface area contributed by atoms with Crippen molar-refractivity contribution in [3.8, 4) is 0 Å². The second-order valence-corrected chi connectivity index (χ2v) is 10.5. The van der Waals surface area contributed by atoms with Crippen LogP contribution in [-0.2, 0) is 9.53 Å². The number of ketones is 1. The SMILES string of the molecule is CC(=O)[C@@]12O[C@]1(C)C[C@@H]1[C@@H]3CC[C@@H]4C=C(O)CC[C@]4(C)[C@H]3CC[C@@]12C. The first kappa shape index (κ1) is 16.4. The number of carbonyl (C=O) groups is 1. The summed E-state index contributed by atoms with van der Waals surface area (Å²) in [6, 6.07) is 0. The summed E-state index contributed by atoms with van der Waals surface area (Å²) in [5.74, 6) is 3.48. The Hall–Kier alpha value is -0.830. The van der Waals surface area contributed by atoms with E-state index in [1.165, 1.54) is 19.3 Å². The lowest BCUT2D eigenvalue weighted by Gasteiger charge is -2.59. The molecule has 4 aliphatic carbocycles. The first-order valence-electron chi connectivity index (χ1n) is 10.3. The van der Waals surface area contributed by atoms with Gasteiger partial charge in [0.1, 0.15) is 5.60 Å². The lowest BCUT2D eigenvalue weighted by molar-refractivity contribution is -0.142. The number of allylic oxidation sites excluding steroid dienone is 2. The normalized spacial score (nSPS) is 59.1. The highest BCUT2D eigenvalue weighted by atomic mass is 16.6. The van der Waals surface area contributed by atoms with Crippen molar-refractivity contribution in [1.29, 1.82) is 0 Å². The molecule has 3 heteroatoms. The van der Waals surface area contributed by atoms with E-state index in [1.807, 2.05) is 0 Å². The zero-order valence-electron chi connectivity index (χ0n) is 16.1. The fraction of sp³-hybridized carbons (Fsp3) is 0.864. The van der Waals surface area contributed by atoms with Crippen molar-refractivity contribution in [1.82, 2.24) is 0 Å². The van der Waals surface area contributed by atoms with Gasteiger partial charge in [-0.2, -0.15) is 0 Å². The smallest absolute Gasteiger partial charge is 0.165 e. The first-order chi connectivity index (χ1) is 11.7. The molecule has 4 fully saturated rings. The molecule has 3 nitrogen and oxygen atoms in total. The fourth-order valence-electron chi connectivity index (χ4n) is 8.46. The van der Waals surface area contributed by atoms with Crippen molar-refractivity contribution in [2.45, 2.75) is 83.8 Å². The third-order valence-electron chi connectivity index (χ3n) is 9.64. The quantitative estimate of drug-likeness (QED) is 0.695. The third-order valence-corrected chi connectivity index (χ3v) is 9.64. The summed E-state index contributed by atoms with van der Waals surface area (Å²) in [6.07, 6.45) is 9.97. The highest BCUT2D eigenvalue weighted by Gasteiger charge is 2.85. The van der Waals surface area contributed by atoms with Crippen LogP contribution in [0.3, 0.4) is 0 Å². The van der Waals surface area contributed by atoms with Gasteiger partial charge in [0.2, 0.25) is 0 Å². The van der Waals surface area contributed by atoms with Crippen LogP contribution in [0.25, 0.3) is 0 Å². The predicted molar refractivity (Wildman–Crippen MR) is 96.1 cm³/mol. The van der Waals surface area contributed by atoms with E-state index < -0.39 is 5.60 Å². The number of hydrogen-bond acceptors (Lipinski definition) is 3. The standard InChI is InChI=1S/C22H32O3/c1-13(23)22-20(3)10-8-17-16(18(20)12-21(22,4)25-22)6-5-14-11-15(24)7-9-19(14,17)2/h11,14,16-18,24H,5-10,12H2,1-4H3/t14-,16-,17+,18-,19+,20+,21-,22+/m1/s1. The van der Waals surface area contributed by atoms with E-state index in [9.17, 15) is 9.90 Å². The molecule has 0 aromatic rings. The molecule has 0 aromatic heterocycles. The highest BCUT2D eigenvalue weighted by Crippen LogP contribution is 2.77. The summed E-state index contributed by atoms with van der Waals surface area (Å²) in [5.41, 5.74) is -0.368. The minimum absolute atomic E-state index is 0.0184. The highest BCUT2D eigenvalue weighted by molar-refractivity contribution is 5.91. The molecule has 1 aliphatic heterocycles. The van der Waals surface area contributed by atoms with Crippen LogP contribution >= 0.6 is 0 Å². The molecule has 0 bridgehead atoms. The molecule has 0 amide bonds. The van der Waals surface area contributed by atoms with Gasteiger partial charge in [-0.05, 0) is 87.5 Å². The number of aliphatic hydroxyl groups excluding tert-OH is 1. The molecule has 1 heterocycles. The van der Waals surface area contributed by atoms with E-state index >= 15 is 0 Å². The Morgan fingerprint density at radius 1 is 1.16 bits per heavy atom. The van der Waals surface area contributed by atoms with Crippen molar-refractivity contribution in [2.24, 2.45) is 34.5 Å². The molecule has 1 saturated heterocycles. The van der Waals surface area contributed by atoms with Gasteiger partial charge in [-0.1, -0.05) is 13.8 Å². The molecule has 5 rings (SSSR count). The van der Waals surface area contributed by atoms with Crippen LogP contribution < -0.4 is 0 Å². The molecular formula is C22H32O3. The van der Waals surface area contributed by atoms with Crippen LogP contribution in [0.2, 0.25) is 0 Å². The lowest BCUT2D eigenvalue weighted by Crippen LogP contribution is -2.55. The summed E-state index contributed by atoms with van der Waals surface area (Å²) in [4.78, 5) is 12.6. The van der Waals surface area contributed by atoms with Crippen molar-refractivity contribution < 1.29 is 14.6 Å². The first-order valence-corrected chi connectivity index (χ1v) is 10.3. The Kier molecular flexibility index (Phi) is 2.96. The van der Waals surface area contributed by atoms with Gasteiger partial charge < -0.3 is 9.84 Å². The van der Waals surface area contributed by atoms with Gasteiger partial charge in [0, 0.05) is 11.8 Å². The minimum Gasteiger partial charge on any atom is -0.513 e. The number of hydrogen-bond donors (Lipinski definition) is 1. The topological polar surface area (TPSA) is 49.8 Å². The zero-order chi connectivity index (χ0) is 17.8. The van der Waals surface area contributed by atoms with Crippen LogP contribution in [0.15, 0.2) is 11.8 Å². The number of carbonyl (C=O) groups excluding carboxylic acids is 1. The number of fused-ring (bicyclic) bond motifs is 7. The van der Waals surface area contributed by atoms with Gasteiger partial charge in [-0.3, -0.25) is 4.79 Å². The molecule has 0 aromatic carbocycles.